The summed E-state index contributed by atoms with van der Waals surface area (Å²) in [5.41, 5.74) is 4.49. The molecule has 5 heteroatoms. The summed E-state index contributed by atoms with van der Waals surface area (Å²) in [5, 5.41) is 23.2. The second-order valence-electron chi connectivity index (χ2n) is 8.67. The van der Waals surface area contributed by atoms with Gasteiger partial charge in [0.15, 0.2) is 11.5 Å². The maximum Gasteiger partial charge on any atom is 0.157 e. The number of para-hydroxylation sites is 1. The van der Waals surface area contributed by atoms with Gasteiger partial charge in [-0.3, -0.25) is 4.90 Å². The number of carbonyl (C=O) groups is 1. The van der Waals surface area contributed by atoms with Crippen LogP contribution in [0.5, 0.6) is 11.5 Å². The second kappa shape index (κ2) is 9.88. The van der Waals surface area contributed by atoms with Gasteiger partial charge in [-0.1, -0.05) is 55.5 Å². The molecule has 1 aliphatic heterocycles. The summed E-state index contributed by atoms with van der Waals surface area (Å²) >= 11 is 0. The summed E-state index contributed by atoms with van der Waals surface area (Å²) in [7, 11) is 0. The number of phenols is 2. The van der Waals surface area contributed by atoms with Gasteiger partial charge in [0.05, 0.1) is 6.04 Å². The largest absolute Gasteiger partial charge is 0.504 e. The van der Waals surface area contributed by atoms with Crippen LogP contribution in [0.2, 0.25) is 0 Å². The van der Waals surface area contributed by atoms with Crippen molar-refractivity contribution in [1.82, 2.24) is 4.90 Å². The number of benzene rings is 3. The van der Waals surface area contributed by atoms with E-state index in [9.17, 15) is 15.0 Å². The molecule has 0 bridgehead atoms. The molecule has 166 valence electrons. The average Bonchev–Trinajstić information content (AvgIpc) is 2.83. The van der Waals surface area contributed by atoms with Gasteiger partial charge in [-0.15, -0.1) is 0 Å². The first kappa shape index (κ1) is 21.9. The molecular weight excluding hydrogens is 400 g/mol. The monoisotopic (exact) mass is 430 g/mol. The van der Waals surface area contributed by atoms with Crippen LogP contribution in [0, 0.1) is 5.92 Å². The Morgan fingerprint density at radius 3 is 2.44 bits per heavy atom. The van der Waals surface area contributed by atoms with E-state index in [4.69, 9.17) is 0 Å². The molecule has 0 radical (unpaired) electrons. The molecule has 4 rings (SSSR count). The van der Waals surface area contributed by atoms with Gasteiger partial charge in [-0.05, 0) is 59.7 Å². The average molecular weight is 431 g/mol. The number of rotatable bonds is 8. The first-order valence-corrected chi connectivity index (χ1v) is 11.1. The maximum absolute atomic E-state index is 12.1. The number of hydrogen-bond donors (Lipinski definition) is 3. The molecule has 0 saturated carbocycles. The fraction of sp³-hybridized carbons (Fsp3) is 0.296. The van der Waals surface area contributed by atoms with E-state index in [2.05, 4.69) is 29.3 Å². The Morgan fingerprint density at radius 2 is 1.72 bits per heavy atom. The van der Waals surface area contributed by atoms with Gasteiger partial charge in [0.25, 0.3) is 0 Å². The number of nitrogens with zero attached hydrogens (tertiary/aromatic N) is 1. The molecule has 0 aromatic heterocycles. The van der Waals surface area contributed by atoms with Crippen LogP contribution in [-0.4, -0.2) is 40.0 Å². The molecule has 1 aliphatic rings. The second-order valence-corrected chi connectivity index (χ2v) is 8.67. The van der Waals surface area contributed by atoms with Crippen molar-refractivity contribution >= 4 is 12.0 Å². The highest BCUT2D eigenvalue weighted by atomic mass is 16.3. The van der Waals surface area contributed by atoms with Gasteiger partial charge in [0.2, 0.25) is 0 Å². The maximum atomic E-state index is 12.1. The van der Waals surface area contributed by atoms with E-state index < -0.39 is 0 Å². The van der Waals surface area contributed by atoms with Gasteiger partial charge in [0, 0.05) is 24.8 Å². The summed E-state index contributed by atoms with van der Waals surface area (Å²) in [6.07, 6.45) is 2.43. The van der Waals surface area contributed by atoms with Gasteiger partial charge in [-0.25, -0.2) is 0 Å². The lowest BCUT2D eigenvalue weighted by Crippen LogP contribution is -2.52. The zero-order chi connectivity index (χ0) is 22.5. The normalized spacial score (nSPS) is 17.8. The summed E-state index contributed by atoms with van der Waals surface area (Å²) in [4.78, 5) is 14.4. The van der Waals surface area contributed by atoms with Gasteiger partial charge < -0.3 is 20.3 Å². The topological polar surface area (TPSA) is 72.8 Å². The van der Waals surface area contributed by atoms with Crippen molar-refractivity contribution in [3.8, 4) is 11.5 Å². The van der Waals surface area contributed by atoms with Crippen LogP contribution in [0.1, 0.15) is 23.6 Å². The van der Waals surface area contributed by atoms with Crippen molar-refractivity contribution in [3.05, 3.63) is 89.5 Å². The van der Waals surface area contributed by atoms with Crippen LogP contribution in [0.4, 0.5) is 5.69 Å². The highest BCUT2D eigenvalue weighted by molar-refractivity contribution is 5.60. The van der Waals surface area contributed by atoms with Crippen LogP contribution in [-0.2, 0) is 24.2 Å². The van der Waals surface area contributed by atoms with Crippen molar-refractivity contribution in [2.75, 3.05) is 11.9 Å². The predicted molar refractivity (Wildman–Crippen MR) is 127 cm³/mol. The zero-order valence-electron chi connectivity index (χ0n) is 18.3. The highest BCUT2D eigenvalue weighted by Gasteiger charge is 2.34. The smallest absolute Gasteiger partial charge is 0.157 e. The number of phenolic OH excluding ortho intramolecular Hbond substituents is 2. The molecule has 5 nitrogen and oxygen atoms in total. The third-order valence-electron chi connectivity index (χ3n) is 6.45. The molecule has 1 heterocycles. The van der Waals surface area contributed by atoms with Crippen LogP contribution < -0.4 is 5.32 Å². The lowest BCUT2D eigenvalue weighted by atomic mass is 9.87. The summed E-state index contributed by atoms with van der Waals surface area (Å²) in [6, 6.07) is 23.3. The van der Waals surface area contributed by atoms with Crippen molar-refractivity contribution in [1.29, 1.82) is 0 Å². The first-order valence-electron chi connectivity index (χ1n) is 11.1. The minimum atomic E-state index is -0.195. The Bertz CT molecular complexity index is 1050. The van der Waals surface area contributed by atoms with E-state index in [1.165, 1.54) is 17.2 Å². The third-order valence-corrected chi connectivity index (χ3v) is 6.45. The molecule has 3 aromatic carbocycles. The van der Waals surface area contributed by atoms with Gasteiger partial charge in [0.1, 0.15) is 6.29 Å². The van der Waals surface area contributed by atoms with E-state index in [0.29, 0.717) is 19.4 Å². The summed E-state index contributed by atoms with van der Waals surface area (Å²) in [6.45, 7) is 3.66. The minimum absolute atomic E-state index is 0.0683. The van der Waals surface area contributed by atoms with E-state index in [1.807, 2.05) is 48.5 Å². The number of aromatic hydroxyl groups is 2. The molecule has 3 aromatic rings. The lowest BCUT2D eigenvalue weighted by Gasteiger charge is -2.42. The van der Waals surface area contributed by atoms with Gasteiger partial charge in [-0.2, -0.15) is 0 Å². The van der Waals surface area contributed by atoms with Gasteiger partial charge >= 0.3 is 0 Å². The van der Waals surface area contributed by atoms with Crippen LogP contribution in [0.3, 0.4) is 0 Å². The molecule has 0 amide bonds. The fourth-order valence-corrected chi connectivity index (χ4v) is 4.61. The SMILES string of the molecule is C[C@@H](CNc1ccccc1)C(Cc1ccc(O)c(O)c1)N1Cc2ccccc2C[C@H]1C=O. The van der Waals surface area contributed by atoms with Crippen molar-refractivity contribution in [2.45, 2.75) is 38.4 Å². The molecule has 0 aliphatic carbocycles. The summed E-state index contributed by atoms with van der Waals surface area (Å²) in [5.74, 6) is -0.0205. The third kappa shape index (κ3) is 4.94. The van der Waals surface area contributed by atoms with E-state index >= 15 is 0 Å². The molecule has 0 spiro atoms. The van der Waals surface area contributed by atoms with Crippen LogP contribution in [0.25, 0.3) is 0 Å². The van der Waals surface area contributed by atoms with E-state index in [-0.39, 0.29) is 29.5 Å². The Labute approximate surface area is 189 Å². The highest BCUT2D eigenvalue weighted by Crippen LogP contribution is 2.31. The molecule has 32 heavy (non-hydrogen) atoms. The number of hydrogen-bond acceptors (Lipinski definition) is 5. The zero-order valence-corrected chi connectivity index (χ0v) is 18.3. The Hall–Kier alpha value is -3.31. The van der Waals surface area contributed by atoms with E-state index in [1.54, 1.807) is 6.07 Å². The Kier molecular flexibility index (Phi) is 6.76. The number of fused-ring (bicyclic) bond motifs is 1. The van der Waals surface area contributed by atoms with Crippen molar-refractivity contribution < 1.29 is 15.0 Å². The van der Waals surface area contributed by atoms with Crippen molar-refractivity contribution in [2.24, 2.45) is 5.92 Å². The number of nitrogens with one attached hydrogen (secondary N) is 1. The number of aldehydes is 1. The molecule has 0 fully saturated rings. The molecule has 0 saturated heterocycles. The Morgan fingerprint density at radius 1 is 1.00 bits per heavy atom. The minimum Gasteiger partial charge on any atom is -0.504 e. The molecule has 3 atom stereocenters. The standard InChI is InChI=1S/C27H30N2O3/c1-19(16-28-23-9-3-2-4-10-23)25(13-20-11-12-26(31)27(32)14-20)29-17-22-8-6-5-7-21(22)15-24(29)18-30/h2-12,14,18-19,24-25,28,31-32H,13,15-17H2,1H3/t19-,24-,25?/m0/s1. The molecule has 3 N–H and O–H groups in total. The van der Waals surface area contributed by atoms with E-state index in [0.717, 1.165) is 24.1 Å². The van der Waals surface area contributed by atoms with Crippen molar-refractivity contribution in [3.63, 3.8) is 0 Å². The molecular formula is C27H30N2O3. The van der Waals surface area contributed by atoms with Crippen LogP contribution >= 0.6 is 0 Å². The lowest BCUT2D eigenvalue weighted by molar-refractivity contribution is -0.114. The fourth-order valence-electron chi connectivity index (χ4n) is 4.61. The molecule has 1 unspecified atom stereocenters. The number of anilines is 1. The summed E-state index contributed by atoms with van der Waals surface area (Å²) < 4.78 is 0. The van der Waals surface area contributed by atoms with Crippen LogP contribution in [0.15, 0.2) is 72.8 Å². The number of carbonyl (C=O) groups excluding carboxylic acids is 1. The Balaban J connectivity index is 1.61. The predicted octanol–water partition coefficient (Wildman–Crippen LogP) is 4.38. The first-order chi connectivity index (χ1) is 15.5. The quantitative estimate of drug-likeness (QED) is 0.365.